The van der Waals surface area contributed by atoms with Gasteiger partial charge in [0.15, 0.2) is 11.7 Å². The molecule has 0 bridgehead atoms. The van der Waals surface area contributed by atoms with Gasteiger partial charge in [0.05, 0.1) is 25.0 Å². The zero-order valence-electron chi connectivity index (χ0n) is 13.8. The molecule has 0 aliphatic heterocycles. The Bertz CT molecular complexity index is 797. The van der Waals surface area contributed by atoms with Crippen LogP contribution in [0.4, 0.5) is 0 Å². The first-order chi connectivity index (χ1) is 11.7. The fourth-order valence-corrected chi connectivity index (χ4v) is 2.05. The molecule has 0 aliphatic carbocycles. The molecule has 0 spiro atoms. The monoisotopic (exact) mass is 329 g/mol. The van der Waals surface area contributed by atoms with E-state index in [1.54, 1.807) is 25.4 Å². The van der Waals surface area contributed by atoms with E-state index < -0.39 is 0 Å². The van der Waals surface area contributed by atoms with Crippen LogP contribution in [0.15, 0.2) is 32.2 Å². The number of hydrogen-bond donors (Lipinski definition) is 3. The maximum absolute atomic E-state index is 5.52. The van der Waals surface area contributed by atoms with E-state index in [1.165, 1.54) is 0 Å². The number of hydrogen-bond acceptors (Lipinski definition) is 6. The molecule has 3 aromatic rings. The summed E-state index contributed by atoms with van der Waals surface area (Å²) in [6.07, 6.45) is 1.58. The number of furan rings is 1. The molecule has 9 heteroatoms. The minimum Gasteiger partial charge on any atom is -0.461 e. The maximum Gasteiger partial charge on any atom is 0.216 e. The molecule has 3 rings (SSSR count). The highest BCUT2D eigenvalue weighted by molar-refractivity contribution is 5.79. The molecule has 0 fully saturated rings. The van der Waals surface area contributed by atoms with Gasteiger partial charge in [0.25, 0.3) is 0 Å². The van der Waals surface area contributed by atoms with Crippen LogP contribution in [0.2, 0.25) is 0 Å². The van der Waals surface area contributed by atoms with Crippen LogP contribution in [0.3, 0.4) is 0 Å². The molecule has 0 radical (unpaired) electrons. The van der Waals surface area contributed by atoms with E-state index in [9.17, 15) is 0 Å². The van der Waals surface area contributed by atoms with Crippen molar-refractivity contribution in [3.8, 4) is 11.6 Å². The average molecular weight is 329 g/mol. The van der Waals surface area contributed by atoms with Crippen molar-refractivity contribution in [3.05, 3.63) is 41.6 Å². The normalized spacial score (nSPS) is 11.7. The predicted octanol–water partition coefficient (Wildman–Crippen LogP) is 1.53. The van der Waals surface area contributed by atoms with Crippen molar-refractivity contribution >= 4 is 5.96 Å². The summed E-state index contributed by atoms with van der Waals surface area (Å²) in [6.45, 7) is 4.69. The molecule has 0 aliphatic rings. The van der Waals surface area contributed by atoms with Crippen LogP contribution in [-0.2, 0) is 13.1 Å². The second kappa shape index (κ2) is 6.99. The number of nitrogens with zero attached hydrogens (tertiary/aromatic N) is 4. The summed E-state index contributed by atoms with van der Waals surface area (Å²) in [5, 5.41) is 13.2. The second-order valence-electron chi connectivity index (χ2n) is 5.11. The van der Waals surface area contributed by atoms with E-state index in [0.29, 0.717) is 42.3 Å². The first-order valence-corrected chi connectivity index (χ1v) is 7.48. The largest absolute Gasteiger partial charge is 0.461 e. The summed E-state index contributed by atoms with van der Waals surface area (Å²) in [4.78, 5) is 12.8. The molecule has 3 N–H and O–H groups in total. The van der Waals surface area contributed by atoms with Crippen molar-refractivity contribution in [3.63, 3.8) is 0 Å². The van der Waals surface area contributed by atoms with Crippen LogP contribution in [0.1, 0.15) is 23.2 Å². The topological polar surface area (TPSA) is 117 Å². The van der Waals surface area contributed by atoms with Crippen molar-refractivity contribution in [2.24, 2.45) is 4.99 Å². The highest BCUT2D eigenvalue weighted by Crippen LogP contribution is 2.14. The summed E-state index contributed by atoms with van der Waals surface area (Å²) in [5.74, 6) is 3.86. The number of nitrogens with one attached hydrogen (secondary N) is 3. The highest BCUT2D eigenvalue weighted by Gasteiger charge is 2.09. The van der Waals surface area contributed by atoms with Crippen LogP contribution in [0.5, 0.6) is 0 Å². The van der Waals surface area contributed by atoms with Crippen LogP contribution in [0, 0.1) is 13.8 Å². The number of aromatic nitrogens is 4. The minimum absolute atomic E-state index is 0.441. The van der Waals surface area contributed by atoms with Crippen molar-refractivity contribution in [2.75, 3.05) is 7.05 Å². The van der Waals surface area contributed by atoms with E-state index in [1.807, 2.05) is 13.8 Å². The molecule has 0 saturated heterocycles. The number of rotatable bonds is 5. The zero-order chi connectivity index (χ0) is 16.9. The summed E-state index contributed by atoms with van der Waals surface area (Å²) < 4.78 is 10.8. The molecular formula is C15H19N7O2. The fourth-order valence-electron chi connectivity index (χ4n) is 2.05. The lowest BCUT2D eigenvalue weighted by molar-refractivity contribution is 0.463. The quantitative estimate of drug-likeness (QED) is 0.480. The van der Waals surface area contributed by atoms with E-state index in [2.05, 4.69) is 35.8 Å². The number of H-pyrrole nitrogens is 1. The third kappa shape index (κ3) is 3.62. The van der Waals surface area contributed by atoms with Gasteiger partial charge in [-0.2, -0.15) is 0 Å². The highest BCUT2D eigenvalue weighted by atomic mass is 16.4. The summed E-state index contributed by atoms with van der Waals surface area (Å²) in [6, 6.07) is 3.60. The van der Waals surface area contributed by atoms with Gasteiger partial charge in [-0.05, 0) is 26.0 Å². The van der Waals surface area contributed by atoms with Gasteiger partial charge in [-0.25, -0.2) is 9.97 Å². The molecular weight excluding hydrogens is 310 g/mol. The average Bonchev–Trinajstić information content (AvgIpc) is 3.30. The maximum atomic E-state index is 5.52. The molecule has 0 atom stereocenters. The fraction of sp³-hybridized carbons (Fsp3) is 0.333. The third-order valence-corrected chi connectivity index (χ3v) is 3.40. The Hall–Kier alpha value is -3.10. The van der Waals surface area contributed by atoms with Crippen LogP contribution >= 0.6 is 0 Å². The number of guanidine groups is 1. The number of aliphatic imine (C=N–C) groups is 1. The molecule has 0 aromatic carbocycles. The predicted molar refractivity (Wildman–Crippen MR) is 87.1 cm³/mol. The molecule has 126 valence electrons. The lowest BCUT2D eigenvalue weighted by atomic mass is 10.4. The van der Waals surface area contributed by atoms with E-state index in [4.69, 9.17) is 8.83 Å². The summed E-state index contributed by atoms with van der Waals surface area (Å²) in [5.41, 5.74) is 0.891. The van der Waals surface area contributed by atoms with Crippen molar-refractivity contribution in [2.45, 2.75) is 26.9 Å². The molecule has 0 saturated carbocycles. The molecule has 0 amide bonds. The van der Waals surface area contributed by atoms with Crippen LogP contribution in [0.25, 0.3) is 11.6 Å². The van der Waals surface area contributed by atoms with Gasteiger partial charge in [0.1, 0.15) is 11.6 Å². The van der Waals surface area contributed by atoms with Gasteiger partial charge in [0, 0.05) is 7.05 Å². The van der Waals surface area contributed by atoms with Gasteiger partial charge >= 0.3 is 0 Å². The van der Waals surface area contributed by atoms with Gasteiger partial charge < -0.3 is 19.5 Å². The van der Waals surface area contributed by atoms with Crippen LogP contribution < -0.4 is 10.6 Å². The Morgan fingerprint density at radius 1 is 1.25 bits per heavy atom. The van der Waals surface area contributed by atoms with E-state index >= 15 is 0 Å². The van der Waals surface area contributed by atoms with Gasteiger partial charge in [0.2, 0.25) is 11.7 Å². The number of aryl methyl sites for hydroxylation is 2. The third-order valence-electron chi connectivity index (χ3n) is 3.40. The van der Waals surface area contributed by atoms with E-state index in [0.717, 1.165) is 11.5 Å². The van der Waals surface area contributed by atoms with Gasteiger partial charge in [-0.3, -0.25) is 10.1 Å². The summed E-state index contributed by atoms with van der Waals surface area (Å²) in [7, 11) is 1.69. The molecule has 24 heavy (non-hydrogen) atoms. The van der Waals surface area contributed by atoms with Gasteiger partial charge in [-0.1, -0.05) is 0 Å². The Kier molecular flexibility index (Phi) is 4.59. The Morgan fingerprint density at radius 3 is 2.75 bits per heavy atom. The summed E-state index contributed by atoms with van der Waals surface area (Å²) >= 11 is 0. The van der Waals surface area contributed by atoms with Crippen molar-refractivity contribution in [1.82, 2.24) is 30.8 Å². The standard InChI is InChI=1S/C15H19N7O2/c1-9-10(2)24-13(19-9)8-18-15(16-3)17-7-12-20-14(22-21-12)11-5-4-6-23-11/h4-6H,7-8H2,1-3H3,(H2,16,17,18)(H,20,21,22). The SMILES string of the molecule is CN=C(NCc1nc(-c2ccco2)n[nH]1)NCc1nc(C)c(C)o1. The minimum atomic E-state index is 0.441. The molecule has 3 aromatic heterocycles. The zero-order valence-corrected chi connectivity index (χ0v) is 13.8. The number of aromatic amines is 1. The first-order valence-electron chi connectivity index (χ1n) is 7.48. The second-order valence-corrected chi connectivity index (χ2v) is 5.11. The van der Waals surface area contributed by atoms with Crippen LogP contribution in [-0.4, -0.2) is 33.2 Å². The Labute approximate surface area is 138 Å². The van der Waals surface area contributed by atoms with E-state index in [-0.39, 0.29) is 0 Å². The first kappa shape index (κ1) is 15.8. The van der Waals surface area contributed by atoms with Crippen molar-refractivity contribution in [1.29, 1.82) is 0 Å². The smallest absolute Gasteiger partial charge is 0.216 e. The lowest BCUT2D eigenvalue weighted by Crippen LogP contribution is -2.36. The molecule has 3 heterocycles. The Morgan fingerprint density at radius 2 is 2.08 bits per heavy atom. The lowest BCUT2D eigenvalue weighted by Gasteiger charge is -2.08. The number of oxazole rings is 1. The van der Waals surface area contributed by atoms with Gasteiger partial charge in [-0.15, -0.1) is 5.10 Å². The Balaban J connectivity index is 1.52. The van der Waals surface area contributed by atoms with Crippen molar-refractivity contribution < 1.29 is 8.83 Å². The molecule has 9 nitrogen and oxygen atoms in total. The molecule has 0 unspecified atom stereocenters.